The van der Waals surface area contributed by atoms with E-state index in [9.17, 15) is 27.6 Å². The molecule has 0 aliphatic carbocycles. The molecular formula is C14H20F3N3O7. The fourth-order valence-electron chi connectivity index (χ4n) is 1.45. The summed E-state index contributed by atoms with van der Waals surface area (Å²) in [5.74, 6) is -4.11. The van der Waals surface area contributed by atoms with Crippen LogP contribution in [0, 0.1) is 0 Å². The molecule has 0 radical (unpaired) electrons. The van der Waals surface area contributed by atoms with E-state index in [0.717, 1.165) is 17.1 Å². The molecule has 154 valence electrons. The number of halogens is 3. The van der Waals surface area contributed by atoms with Gasteiger partial charge in [0.2, 0.25) is 5.91 Å². The summed E-state index contributed by atoms with van der Waals surface area (Å²) in [6, 6.07) is 0. The number of rotatable bonds is 10. The van der Waals surface area contributed by atoms with Crippen LogP contribution in [0.25, 0.3) is 0 Å². The third-order valence-corrected chi connectivity index (χ3v) is 2.65. The van der Waals surface area contributed by atoms with Crippen molar-refractivity contribution in [2.24, 2.45) is 5.73 Å². The first-order chi connectivity index (χ1) is 12.6. The van der Waals surface area contributed by atoms with Gasteiger partial charge in [-0.05, 0) is 0 Å². The van der Waals surface area contributed by atoms with E-state index in [0.29, 0.717) is 39.5 Å². The number of nitrogens with two attached hydrogens (primary N) is 1. The molecule has 1 aliphatic rings. The molecule has 0 aromatic heterocycles. The van der Waals surface area contributed by atoms with Crippen LogP contribution >= 0.6 is 0 Å². The molecule has 0 fully saturated rings. The van der Waals surface area contributed by atoms with E-state index in [4.69, 9.17) is 25.1 Å². The molecule has 0 aromatic carbocycles. The van der Waals surface area contributed by atoms with Crippen molar-refractivity contribution < 1.29 is 46.9 Å². The number of nitrogens with zero attached hydrogens (tertiary/aromatic N) is 1. The molecular weight excluding hydrogens is 379 g/mol. The highest BCUT2D eigenvalue weighted by molar-refractivity contribution is 6.14. The summed E-state index contributed by atoms with van der Waals surface area (Å²) in [6.45, 7) is 2.20. The molecule has 3 amide bonds. The Morgan fingerprint density at radius 3 is 2.00 bits per heavy atom. The van der Waals surface area contributed by atoms with Gasteiger partial charge in [-0.3, -0.25) is 19.3 Å². The highest BCUT2D eigenvalue weighted by Crippen LogP contribution is 2.13. The van der Waals surface area contributed by atoms with E-state index >= 15 is 0 Å². The first-order valence-electron chi connectivity index (χ1n) is 7.55. The van der Waals surface area contributed by atoms with Crippen molar-refractivity contribution in [2.45, 2.75) is 6.18 Å². The number of carboxylic acid groups (broad SMARTS) is 1. The standard InChI is InChI=1S/C12H19N3O5.C2HF3O2/c13-3-5-19-7-8-20-6-4-14-10(16)9-15-11(17)1-2-12(15)18;3-2(4,5)1(6)7/h1-2H,3-9,13H2,(H,14,16);(H,6,7). The van der Waals surface area contributed by atoms with Crippen LogP contribution in [-0.2, 0) is 28.7 Å². The number of alkyl halides is 3. The number of carbonyl (C=O) groups is 4. The summed E-state index contributed by atoms with van der Waals surface area (Å²) in [5.41, 5.74) is 5.24. The smallest absolute Gasteiger partial charge is 0.475 e. The van der Waals surface area contributed by atoms with E-state index < -0.39 is 29.9 Å². The van der Waals surface area contributed by atoms with Gasteiger partial charge < -0.3 is 25.6 Å². The normalized spacial score (nSPS) is 13.4. The lowest BCUT2D eigenvalue weighted by molar-refractivity contribution is -0.192. The van der Waals surface area contributed by atoms with Gasteiger partial charge in [-0.2, -0.15) is 13.2 Å². The Morgan fingerprint density at radius 1 is 1.07 bits per heavy atom. The quantitative estimate of drug-likeness (QED) is 0.302. The van der Waals surface area contributed by atoms with Gasteiger partial charge in [-0.25, -0.2) is 4.79 Å². The molecule has 1 aliphatic heterocycles. The summed E-state index contributed by atoms with van der Waals surface area (Å²) in [6.07, 6.45) is -2.81. The van der Waals surface area contributed by atoms with Gasteiger partial charge in [0.15, 0.2) is 0 Å². The lowest BCUT2D eigenvalue weighted by Gasteiger charge is -2.13. The number of amides is 3. The molecule has 10 nitrogen and oxygen atoms in total. The Hall–Kier alpha value is -2.51. The number of aliphatic carboxylic acids is 1. The SMILES string of the molecule is NCCOCCOCCNC(=O)CN1C(=O)C=CC1=O.O=C(O)C(F)(F)F. The largest absolute Gasteiger partial charge is 0.490 e. The fraction of sp³-hybridized carbons (Fsp3) is 0.571. The number of carbonyl (C=O) groups excluding carboxylic acids is 3. The second-order valence-corrected chi connectivity index (χ2v) is 4.76. The van der Waals surface area contributed by atoms with Gasteiger partial charge in [0.1, 0.15) is 6.54 Å². The average Bonchev–Trinajstić information content (AvgIpc) is 2.89. The van der Waals surface area contributed by atoms with Crippen LogP contribution < -0.4 is 11.1 Å². The third kappa shape index (κ3) is 11.7. The zero-order valence-corrected chi connectivity index (χ0v) is 14.2. The zero-order chi connectivity index (χ0) is 20.9. The first-order valence-corrected chi connectivity index (χ1v) is 7.55. The summed E-state index contributed by atoms with van der Waals surface area (Å²) in [4.78, 5) is 43.7. The minimum absolute atomic E-state index is 0.274. The van der Waals surface area contributed by atoms with E-state index in [1.807, 2.05) is 0 Å². The summed E-state index contributed by atoms with van der Waals surface area (Å²) < 4.78 is 42.0. The van der Waals surface area contributed by atoms with Gasteiger partial charge in [-0.15, -0.1) is 0 Å². The minimum atomic E-state index is -5.08. The fourth-order valence-corrected chi connectivity index (χ4v) is 1.45. The molecule has 0 saturated heterocycles. The number of hydrogen-bond donors (Lipinski definition) is 3. The van der Waals surface area contributed by atoms with Crippen LogP contribution in [0.15, 0.2) is 12.2 Å². The molecule has 27 heavy (non-hydrogen) atoms. The predicted octanol–water partition coefficient (Wildman–Crippen LogP) is -1.35. The zero-order valence-electron chi connectivity index (χ0n) is 14.2. The lowest BCUT2D eigenvalue weighted by Crippen LogP contribution is -2.41. The maximum absolute atomic E-state index is 11.5. The summed E-state index contributed by atoms with van der Waals surface area (Å²) in [5, 5.41) is 9.68. The Labute approximate surface area is 152 Å². The van der Waals surface area contributed by atoms with Crippen molar-refractivity contribution in [3.05, 3.63) is 12.2 Å². The van der Waals surface area contributed by atoms with Crippen LogP contribution in [0.4, 0.5) is 13.2 Å². The Kier molecular flexibility index (Phi) is 11.6. The summed E-state index contributed by atoms with van der Waals surface area (Å²) >= 11 is 0. The molecule has 1 heterocycles. The Bertz CT molecular complexity index is 535. The van der Waals surface area contributed by atoms with Crippen molar-refractivity contribution in [3.8, 4) is 0 Å². The van der Waals surface area contributed by atoms with Crippen LogP contribution in [0.5, 0.6) is 0 Å². The average molecular weight is 399 g/mol. The topological polar surface area (TPSA) is 148 Å². The molecule has 0 spiro atoms. The predicted molar refractivity (Wildman–Crippen MR) is 83.3 cm³/mol. The Balaban J connectivity index is 0.000000821. The van der Waals surface area contributed by atoms with E-state index in [1.165, 1.54) is 0 Å². The number of ether oxygens (including phenoxy) is 2. The van der Waals surface area contributed by atoms with E-state index in [2.05, 4.69) is 5.32 Å². The molecule has 0 unspecified atom stereocenters. The molecule has 0 atom stereocenters. The molecule has 0 aromatic rings. The maximum atomic E-state index is 11.5. The van der Waals surface area contributed by atoms with Gasteiger partial charge >= 0.3 is 12.1 Å². The molecule has 0 saturated carbocycles. The number of nitrogens with one attached hydrogen (secondary N) is 1. The molecule has 4 N–H and O–H groups in total. The van der Waals surface area contributed by atoms with Gasteiger partial charge in [0.05, 0.1) is 26.4 Å². The van der Waals surface area contributed by atoms with Crippen molar-refractivity contribution in [2.75, 3.05) is 46.1 Å². The molecule has 13 heteroatoms. The highest BCUT2D eigenvalue weighted by atomic mass is 19.4. The van der Waals surface area contributed by atoms with Crippen LogP contribution in [0.3, 0.4) is 0 Å². The van der Waals surface area contributed by atoms with Crippen molar-refractivity contribution >= 4 is 23.7 Å². The van der Waals surface area contributed by atoms with Crippen molar-refractivity contribution in [1.82, 2.24) is 10.2 Å². The Morgan fingerprint density at radius 2 is 1.56 bits per heavy atom. The summed E-state index contributed by atoms with van der Waals surface area (Å²) in [7, 11) is 0. The molecule has 0 bridgehead atoms. The van der Waals surface area contributed by atoms with E-state index in [1.54, 1.807) is 0 Å². The molecule has 1 rings (SSSR count). The van der Waals surface area contributed by atoms with Crippen LogP contribution in [0.1, 0.15) is 0 Å². The van der Waals surface area contributed by atoms with Gasteiger partial charge in [0, 0.05) is 25.2 Å². The van der Waals surface area contributed by atoms with Gasteiger partial charge in [0.25, 0.3) is 11.8 Å². The van der Waals surface area contributed by atoms with E-state index in [-0.39, 0.29) is 6.54 Å². The highest BCUT2D eigenvalue weighted by Gasteiger charge is 2.38. The monoisotopic (exact) mass is 399 g/mol. The van der Waals surface area contributed by atoms with Crippen LogP contribution in [0.2, 0.25) is 0 Å². The number of imide groups is 1. The van der Waals surface area contributed by atoms with Crippen molar-refractivity contribution in [3.63, 3.8) is 0 Å². The second-order valence-electron chi connectivity index (χ2n) is 4.76. The number of hydrogen-bond acceptors (Lipinski definition) is 7. The van der Waals surface area contributed by atoms with Crippen LogP contribution in [-0.4, -0.2) is 85.9 Å². The lowest BCUT2D eigenvalue weighted by atomic mass is 10.4. The first kappa shape index (κ1) is 24.5. The minimum Gasteiger partial charge on any atom is -0.475 e. The third-order valence-electron chi connectivity index (χ3n) is 2.65. The number of carboxylic acids is 1. The maximum Gasteiger partial charge on any atom is 0.490 e. The second kappa shape index (κ2) is 12.8. The van der Waals surface area contributed by atoms with Gasteiger partial charge in [-0.1, -0.05) is 0 Å². The van der Waals surface area contributed by atoms with Crippen molar-refractivity contribution in [1.29, 1.82) is 0 Å².